The van der Waals surface area contributed by atoms with E-state index in [4.69, 9.17) is 4.74 Å². The summed E-state index contributed by atoms with van der Waals surface area (Å²) in [6, 6.07) is 0.394. The first kappa shape index (κ1) is 18.3. The second-order valence-corrected chi connectivity index (χ2v) is 6.58. The van der Waals surface area contributed by atoms with E-state index in [0.29, 0.717) is 18.6 Å². The first-order chi connectivity index (χ1) is 10.3. The van der Waals surface area contributed by atoms with Gasteiger partial charge in [0.1, 0.15) is 0 Å². The highest BCUT2D eigenvalue weighted by Crippen LogP contribution is 2.20. The molecule has 1 fully saturated rings. The minimum atomic E-state index is -0.204. The van der Waals surface area contributed by atoms with Gasteiger partial charge in [0.15, 0.2) is 0 Å². The van der Waals surface area contributed by atoms with Crippen molar-refractivity contribution in [3.8, 4) is 0 Å². The Hall–Kier alpha value is -0.730. The molecule has 0 aromatic carbocycles. The van der Waals surface area contributed by atoms with Gasteiger partial charge in [-0.05, 0) is 31.6 Å². The quantitative estimate of drug-likeness (QED) is 0.460. The zero-order valence-electron chi connectivity index (χ0n) is 14.2. The Morgan fingerprint density at radius 3 is 2.05 bits per heavy atom. The van der Waals surface area contributed by atoms with E-state index in [1.807, 2.05) is 0 Å². The van der Waals surface area contributed by atoms with E-state index < -0.39 is 0 Å². The first-order valence-electron chi connectivity index (χ1n) is 9.19. The fourth-order valence-electron chi connectivity index (χ4n) is 2.66. The van der Waals surface area contributed by atoms with E-state index in [2.05, 4.69) is 19.2 Å². The van der Waals surface area contributed by atoms with E-state index in [1.54, 1.807) is 0 Å². The molecule has 1 rings (SSSR count). The predicted molar refractivity (Wildman–Crippen MR) is 88.5 cm³/mol. The largest absolute Gasteiger partial charge is 0.449 e. The molecule has 0 saturated heterocycles. The minimum absolute atomic E-state index is 0.204. The molecule has 1 N–H and O–H groups in total. The number of amides is 1. The average Bonchev–Trinajstić information content (AvgIpc) is 3.28. The van der Waals surface area contributed by atoms with Gasteiger partial charge in [-0.2, -0.15) is 0 Å². The van der Waals surface area contributed by atoms with Gasteiger partial charge in [0, 0.05) is 6.04 Å². The predicted octanol–water partition coefficient (Wildman–Crippen LogP) is 5.43. The standard InChI is InChI=1S/C18H35NO2/c1-3-5-7-9-11-16(12-10-8-6-4-2)15-21-18(20)19-17-13-14-17/h16-17H,3-15H2,1-2H3,(H,19,20). The number of carbonyl (C=O) groups is 1. The van der Waals surface area contributed by atoms with Gasteiger partial charge in [-0.3, -0.25) is 0 Å². The van der Waals surface area contributed by atoms with Crippen molar-refractivity contribution in [1.29, 1.82) is 0 Å². The molecule has 0 heterocycles. The third-order valence-corrected chi connectivity index (χ3v) is 4.28. The van der Waals surface area contributed by atoms with Gasteiger partial charge in [0.05, 0.1) is 6.61 Å². The van der Waals surface area contributed by atoms with Gasteiger partial charge < -0.3 is 10.1 Å². The third-order valence-electron chi connectivity index (χ3n) is 4.28. The Morgan fingerprint density at radius 2 is 1.57 bits per heavy atom. The second-order valence-electron chi connectivity index (χ2n) is 6.58. The Morgan fingerprint density at radius 1 is 1.00 bits per heavy atom. The molecule has 0 aromatic heterocycles. The van der Waals surface area contributed by atoms with E-state index in [9.17, 15) is 4.79 Å². The summed E-state index contributed by atoms with van der Waals surface area (Å²) in [5.41, 5.74) is 0. The lowest BCUT2D eigenvalue weighted by Crippen LogP contribution is -2.28. The van der Waals surface area contributed by atoms with Crippen molar-refractivity contribution in [2.45, 2.75) is 96.9 Å². The van der Waals surface area contributed by atoms with Gasteiger partial charge in [0.2, 0.25) is 0 Å². The number of alkyl carbamates (subject to hydrolysis) is 1. The van der Waals surface area contributed by atoms with Gasteiger partial charge in [-0.25, -0.2) is 4.79 Å². The van der Waals surface area contributed by atoms with Crippen LogP contribution in [-0.4, -0.2) is 18.7 Å². The lowest BCUT2D eigenvalue weighted by molar-refractivity contribution is 0.120. The van der Waals surface area contributed by atoms with Gasteiger partial charge in [-0.15, -0.1) is 0 Å². The summed E-state index contributed by atoms with van der Waals surface area (Å²) >= 11 is 0. The van der Waals surface area contributed by atoms with Crippen LogP contribution in [0.5, 0.6) is 0 Å². The molecular weight excluding hydrogens is 262 g/mol. The molecule has 0 spiro atoms. The minimum Gasteiger partial charge on any atom is -0.449 e. The van der Waals surface area contributed by atoms with Crippen molar-refractivity contribution < 1.29 is 9.53 Å². The number of ether oxygens (including phenoxy) is 1. The Bertz CT molecular complexity index is 252. The van der Waals surface area contributed by atoms with Crippen LogP contribution in [0.2, 0.25) is 0 Å². The van der Waals surface area contributed by atoms with Crippen LogP contribution in [0.4, 0.5) is 4.79 Å². The Labute approximate surface area is 131 Å². The van der Waals surface area contributed by atoms with Crippen LogP contribution in [0.1, 0.15) is 90.9 Å². The highest BCUT2D eigenvalue weighted by Gasteiger charge is 2.24. The molecule has 0 radical (unpaired) electrons. The van der Waals surface area contributed by atoms with Crippen molar-refractivity contribution in [2.24, 2.45) is 5.92 Å². The molecule has 0 atom stereocenters. The summed E-state index contributed by atoms with van der Waals surface area (Å²) in [5, 5.41) is 2.90. The average molecular weight is 297 g/mol. The SMILES string of the molecule is CCCCCCC(CCCCCC)COC(=O)NC1CC1. The molecule has 1 amide bonds. The number of hydrogen-bond acceptors (Lipinski definition) is 2. The summed E-state index contributed by atoms with van der Waals surface area (Å²) in [7, 11) is 0. The summed E-state index contributed by atoms with van der Waals surface area (Å²) < 4.78 is 5.42. The molecule has 124 valence electrons. The van der Waals surface area contributed by atoms with Crippen LogP contribution in [0.3, 0.4) is 0 Å². The fraction of sp³-hybridized carbons (Fsp3) is 0.944. The maximum Gasteiger partial charge on any atom is 0.407 e. The lowest BCUT2D eigenvalue weighted by atomic mass is 9.95. The molecule has 21 heavy (non-hydrogen) atoms. The normalized spacial score (nSPS) is 14.4. The van der Waals surface area contributed by atoms with Gasteiger partial charge in [-0.1, -0.05) is 65.2 Å². The first-order valence-corrected chi connectivity index (χ1v) is 9.19. The van der Waals surface area contributed by atoms with Crippen molar-refractivity contribution in [3.63, 3.8) is 0 Å². The number of carbonyl (C=O) groups excluding carboxylic acids is 1. The summed E-state index contributed by atoms with van der Waals surface area (Å²) in [4.78, 5) is 11.6. The molecule has 3 heteroatoms. The second kappa shape index (κ2) is 11.9. The van der Waals surface area contributed by atoms with Crippen molar-refractivity contribution in [2.75, 3.05) is 6.61 Å². The zero-order valence-corrected chi connectivity index (χ0v) is 14.2. The maximum absolute atomic E-state index is 11.6. The molecule has 1 aliphatic carbocycles. The molecular formula is C18H35NO2. The van der Waals surface area contributed by atoms with Crippen LogP contribution < -0.4 is 5.32 Å². The molecule has 1 saturated carbocycles. The zero-order chi connectivity index (χ0) is 15.3. The summed E-state index contributed by atoms with van der Waals surface area (Å²) in [6.07, 6.45) is 14.8. The van der Waals surface area contributed by atoms with E-state index >= 15 is 0 Å². The van der Waals surface area contributed by atoms with Crippen LogP contribution in [-0.2, 0) is 4.74 Å². The molecule has 0 unspecified atom stereocenters. The Balaban J connectivity index is 2.15. The van der Waals surface area contributed by atoms with E-state index in [1.165, 1.54) is 64.2 Å². The van der Waals surface area contributed by atoms with Crippen LogP contribution >= 0.6 is 0 Å². The number of hydrogen-bond donors (Lipinski definition) is 1. The van der Waals surface area contributed by atoms with Crippen molar-refractivity contribution >= 4 is 6.09 Å². The van der Waals surface area contributed by atoms with Crippen molar-refractivity contribution in [3.05, 3.63) is 0 Å². The number of nitrogens with one attached hydrogen (secondary N) is 1. The van der Waals surface area contributed by atoms with Crippen LogP contribution in [0.25, 0.3) is 0 Å². The van der Waals surface area contributed by atoms with Gasteiger partial charge >= 0.3 is 6.09 Å². The topological polar surface area (TPSA) is 38.3 Å². The third kappa shape index (κ3) is 10.6. The summed E-state index contributed by atoms with van der Waals surface area (Å²) in [5.74, 6) is 0.559. The Kier molecular flexibility index (Phi) is 10.4. The maximum atomic E-state index is 11.6. The lowest BCUT2D eigenvalue weighted by Gasteiger charge is -2.17. The molecule has 0 bridgehead atoms. The highest BCUT2D eigenvalue weighted by atomic mass is 16.5. The number of rotatable bonds is 13. The fourth-order valence-corrected chi connectivity index (χ4v) is 2.66. The van der Waals surface area contributed by atoms with Gasteiger partial charge in [0.25, 0.3) is 0 Å². The monoisotopic (exact) mass is 297 g/mol. The van der Waals surface area contributed by atoms with Crippen molar-refractivity contribution in [1.82, 2.24) is 5.32 Å². The molecule has 3 nitrogen and oxygen atoms in total. The highest BCUT2D eigenvalue weighted by molar-refractivity contribution is 5.67. The van der Waals surface area contributed by atoms with Crippen LogP contribution in [0, 0.1) is 5.92 Å². The van der Waals surface area contributed by atoms with Crippen LogP contribution in [0.15, 0.2) is 0 Å². The number of unbranched alkanes of at least 4 members (excludes halogenated alkanes) is 6. The molecule has 1 aliphatic rings. The summed E-state index contributed by atoms with van der Waals surface area (Å²) in [6.45, 7) is 5.10. The smallest absolute Gasteiger partial charge is 0.407 e. The van der Waals surface area contributed by atoms with E-state index in [-0.39, 0.29) is 6.09 Å². The van der Waals surface area contributed by atoms with E-state index in [0.717, 1.165) is 12.8 Å². The molecule has 0 aromatic rings. The molecule has 0 aliphatic heterocycles.